The smallest absolute Gasteiger partial charge is 0.376 e. The number of nitrogens with one attached hydrogen (secondary N) is 2. The first-order valence-electron chi connectivity index (χ1n) is 9.26. The van der Waals surface area contributed by atoms with Crippen molar-refractivity contribution < 1.29 is 22.7 Å². The van der Waals surface area contributed by atoms with Crippen molar-refractivity contribution in [3.05, 3.63) is 0 Å². The zero-order valence-electron chi connectivity index (χ0n) is 16.1. The lowest BCUT2D eigenvalue weighted by molar-refractivity contribution is -0.157. The number of guanidine groups is 1. The van der Waals surface area contributed by atoms with Crippen LogP contribution < -0.4 is 10.6 Å². The molecule has 6 nitrogen and oxygen atoms in total. The summed E-state index contributed by atoms with van der Waals surface area (Å²) >= 11 is 0. The highest BCUT2D eigenvalue weighted by atomic mass is 127. The van der Waals surface area contributed by atoms with Gasteiger partial charge in [0.15, 0.2) is 5.96 Å². The third-order valence-electron chi connectivity index (χ3n) is 4.11. The molecule has 2 N–H and O–H groups in total. The van der Waals surface area contributed by atoms with E-state index in [2.05, 4.69) is 15.6 Å². The van der Waals surface area contributed by atoms with E-state index in [4.69, 9.17) is 4.74 Å². The second-order valence-corrected chi connectivity index (χ2v) is 6.47. The van der Waals surface area contributed by atoms with E-state index >= 15 is 0 Å². The van der Waals surface area contributed by atoms with E-state index in [9.17, 15) is 18.0 Å². The molecule has 27 heavy (non-hydrogen) atoms. The molecule has 0 spiro atoms. The first kappa shape index (κ1) is 26.2. The lowest BCUT2D eigenvalue weighted by Gasteiger charge is -2.19. The predicted molar refractivity (Wildman–Crippen MR) is 111 cm³/mol. The van der Waals surface area contributed by atoms with Crippen molar-refractivity contribution in [3.8, 4) is 0 Å². The van der Waals surface area contributed by atoms with Crippen LogP contribution in [0.15, 0.2) is 4.99 Å². The van der Waals surface area contributed by atoms with Gasteiger partial charge in [0.05, 0.1) is 12.7 Å². The van der Waals surface area contributed by atoms with Gasteiger partial charge < -0.3 is 20.3 Å². The molecule has 0 heterocycles. The van der Waals surface area contributed by atoms with Crippen molar-refractivity contribution in [2.75, 3.05) is 39.8 Å². The molecule has 1 rings (SSSR count). The molecule has 0 aromatic heterocycles. The Balaban J connectivity index is 0.00000676. The summed E-state index contributed by atoms with van der Waals surface area (Å²) in [5.41, 5.74) is 0. The zero-order valence-corrected chi connectivity index (χ0v) is 18.4. The molecule has 10 heteroatoms. The molecule has 0 saturated heterocycles. The van der Waals surface area contributed by atoms with Crippen LogP contribution in [0.3, 0.4) is 0 Å². The van der Waals surface area contributed by atoms with Gasteiger partial charge in [-0.3, -0.25) is 4.79 Å². The van der Waals surface area contributed by atoms with Crippen LogP contribution in [0, 0.1) is 0 Å². The number of likely N-dealkylation sites (N-methyl/N-ethyl adjacent to an activating group) is 1. The Labute approximate surface area is 176 Å². The maximum Gasteiger partial charge on any atom is 0.406 e. The van der Waals surface area contributed by atoms with Crippen LogP contribution in [-0.2, 0) is 9.53 Å². The number of amides is 1. The third kappa shape index (κ3) is 13.1. The number of hydrogen-bond donors (Lipinski definition) is 2. The number of carbonyl (C=O) groups is 1. The van der Waals surface area contributed by atoms with Crippen LogP contribution in [0.4, 0.5) is 13.2 Å². The monoisotopic (exact) mass is 508 g/mol. The second-order valence-electron chi connectivity index (χ2n) is 6.47. The van der Waals surface area contributed by atoms with Crippen LogP contribution in [0.25, 0.3) is 0 Å². The summed E-state index contributed by atoms with van der Waals surface area (Å²) in [4.78, 5) is 16.4. The molecule has 0 aromatic rings. The second kappa shape index (κ2) is 14.3. The fourth-order valence-electron chi connectivity index (χ4n) is 2.77. The summed E-state index contributed by atoms with van der Waals surface area (Å²) in [5.74, 6) is -0.292. The lowest BCUT2D eigenvalue weighted by Crippen LogP contribution is -2.41. The molecule has 1 aliphatic rings. The number of rotatable bonds is 8. The van der Waals surface area contributed by atoms with Crippen LogP contribution in [-0.4, -0.2) is 68.9 Å². The standard InChI is InChI=1S/C17H31F3N4O2.HI/c1-3-21-16(23-12-15(25)24(2)13-17(18,19)20)22-10-11-26-14-8-6-4-5-7-9-14;/h14H,3-13H2,1-2H3,(H2,21,22,23);1H. The number of ether oxygens (including phenoxy) is 1. The Morgan fingerprint density at radius 3 is 2.37 bits per heavy atom. The average Bonchev–Trinajstić information content (AvgIpc) is 2.83. The summed E-state index contributed by atoms with van der Waals surface area (Å²) in [6, 6.07) is 0. The van der Waals surface area contributed by atoms with Gasteiger partial charge in [-0.05, 0) is 19.8 Å². The molecule has 0 atom stereocenters. The maximum atomic E-state index is 12.3. The van der Waals surface area contributed by atoms with Crippen molar-refractivity contribution >= 4 is 35.8 Å². The topological polar surface area (TPSA) is 66.0 Å². The number of halogens is 4. The molecule has 0 unspecified atom stereocenters. The van der Waals surface area contributed by atoms with Gasteiger partial charge in [0.2, 0.25) is 5.91 Å². The van der Waals surface area contributed by atoms with E-state index < -0.39 is 18.6 Å². The van der Waals surface area contributed by atoms with Gasteiger partial charge in [-0.15, -0.1) is 24.0 Å². The van der Waals surface area contributed by atoms with Gasteiger partial charge in [0, 0.05) is 20.1 Å². The van der Waals surface area contributed by atoms with Gasteiger partial charge in [-0.1, -0.05) is 25.7 Å². The highest BCUT2D eigenvalue weighted by Gasteiger charge is 2.31. The first-order chi connectivity index (χ1) is 12.3. The Bertz CT molecular complexity index is 442. The molecular formula is C17H32F3IN4O2. The average molecular weight is 508 g/mol. The van der Waals surface area contributed by atoms with E-state index in [-0.39, 0.29) is 30.5 Å². The molecule has 1 aliphatic carbocycles. The van der Waals surface area contributed by atoms with Gasteiger partial charge in [-0.25, -0.2) is 4.99 Å². The fourth-order valence-corrected chi connectivity index (χ4v) is 2.77. The summed E-state index contributed by atoms with van der Waals surface area (Å²) < 4.78 is 42.8. The Morgan fingerprint density at radius 2 is 1.81 bits per heavy atom. The van der Waals surface area contributed by atoms with Gasteiger partial charge in [0.25, 0.3) is 0 Å². The molecule has 0 aromatic carbocycles. The minimum Gasteiger partial charge on any atom is -0.376 e. The van der Waals surface area contributed by atoms with Crippen molar-refractivity contribution in [1.82, 2.24) is 15.5 Å². The molecule has 1 fully saturated rings. The Kier molecular flexibility index (Phi) is 13.8. The van der Waals surface area contributed by atoms with E-state index in [1.165, 1.54) is 25.7 Å². The largest absolute Gasteiger partial charge is 0.406 e. The molecule has 0 bridgehead atoms. The molecule has 160 valence electrons. The van der Waals surface area contributed by atoms with Crippen LogP contribution in [0.2, 0.25) is 0 Å². The number of hydrogen-bond acceptors (Lipinski definition) is 3. The number of nitrogens with zero attached hydrogens (tertiary/aromatic N) is 2. The van der Waals surface area contributed by atoms with E-state index in [0.717, 1.165) is 19.9 Å². The molecule has 1 amide bonds. The Hall–Kier alpha value is -0.780. The highest BCUT2D eigenvalue weighted by Crippen LogP contribution is 2.19. The molecule has 0 aliphatic heterocycles. The van der Waals surface area contributed by atoms with Crippen molar-refractivity contribution in [2.24, 2.45) is 4.99 Å². The summed E-state index contributed by atoms with van der Waals surface area (Å²) in [6.07, 6.45) is 3.02. The number of carbonyl (C=O) groups excluding carboxylic acids is 1. The van der Waals surface area contributed by atoms with Crippen LogP contribution in [0.1, 0.15) is 45.4 Å². The minimum absolute atomic E-state index is 0. The Morgan fingerprint density at radius 1 is 1.19 bits per heavy atom. The van der Waals surface area contributed by atoms with Crippen molar-refractivity contribution in [1.29, 1.82) is 0 Å². The first-order valence-corrected chi connectivity index (χ1v) is 9.26. The SMILES string of the molecule is CCNC(=NCC(=O)N(C)CC(F)(F)F)NCCOC1CCCCCC1.I. The minimum atomic E-state index is -4.41. The van der Waals surface area contributed by atoms with Crippen molar-refractivity contribution in [2.45, 2.75) is 57.7 Å². The van der Waals surface area contributed by atoms with Crippen LogP contribution >= 0.6 is 24.0 Å². The quantitative estimate of drug-likeness (QED) is 0.174. The van der Waals surface area contributed by atoms with Gasteiger partial charge in [0.1, 0.15) is 13.1 Å². The predicted octanol–water partition coefficient (Wildman–Crippen LogP) is 2.92. The van der Waals surface area contributed by atoms with Gasteiger partial charge in [-0.2, -0.15) is 13.2 Å². The normalized spacial score (nSPS) is 16.3. The lowest BCUT2D eigenvalue weighted by atomic mass is 10.1. The van der Waals surface area contributed by atoms with Crippen LogP contribution in [0.5, 0.6) is 0 Å². The molecular weight excluding hydrogens is 476 g/mol. The summed E-state index contributed by atoms with van der Waals surface area (Å²) in [7, 11) is 1.12. The van der Waals surface area contributed by atoms with Gasteiger partial charge >= 0.3 is 6.18 Å². The van der Waals surface area contributed by atoms with E-state index in [1.807, 2.05) is 6.92 Å². The molecule has 0 radical (unpaired) electrons. The summed E-state index contributed by atoms with van der Waals surface area (Å²) in [6.45, 7) is 1.89. The number of alkyl halides is 3. The number of aliphatic imine (C=N–C) groups is 1. The fraction of sp³-hybridized carbons (Fsp3) is 0.882. The molecule has 1 saturated carbocycles. The van der Waals surface area contributed by atoms with E-state index in [1.54, 1.807) is 0 Å². The summed E-state index contributed by atoms with van der Waals surface area (Å²) in [5, 5.41) is 6.00. The maximum absolute atomic E-state index is 12.3. The third-order valence-corrected chi connectivity index (χ3v) is 4.11. The van der Waals surface area contributed by atoms with E-state index in [0.29, 0.717) is 36.7 Å². The van der Waals surface area contributed by atoms with Crippen molar-refractivity contribution in [3.63, 3.8) is 0 Å². The zero-order chi connectivity index (χ0) is 19.4. The highest BCUT2D eigenvalue weighted by molar-refractivity contribution is 14.0.